The highest BCUT2D eigenvalue weighted by Gasteiger charge is 2.28. The average molecular weight is 398 g/mol. The lowest BCUT2D eigenvalue weighted by Crippen LogP contribution is -2.42. The van der Waals surface area contributed by atoms with Crippen LogP contribution < -0.4 is 4.74 Å². The number of amides is 1. The molecular formula is C19H24ClNO6. The van der Waals surface area contributed by atoms with E-state index in [1.165, 1.54) is 0 Å². The molecule has 0 spiro atoms. The van der Waals surface area contributed by atoms with Crippen molar-refractivity contribution in [2.24, 2.45) is 5.92 Å². The van der Waals surface area contributed by atoms with Gasteiger partial charge in [-0.15, -0.1) is 0 Å². The van der Waals surface area contributed by atoms with Crippen molar-refractivity contribution < 1.29 is 28.6 Å². The summed E-state index contributed by atoms with van der Waals surface area (Å²) < 4.78 is 15.3. The molecule has 2 rings (SSSR count). The predicted molar refractivity (Wildman–Crippen MR) is 98.6 cm³/mol. The van der Waals surface area contributed by atoms with Crippen molar-refractivity contribution in [2.75, 3.05) is 32.9 Å². The Morgan fingerprint density at radius 3 is 2.48 bits per heavy atom. The number of carbonyl (C=O) groups is 3. The number of esters is 2. The van der Waals surface area contributed by atoms with E-state index >= 15 is 0 Å². The van der Waals surface area contributed by atoms with Gasteiger partial charge in [0, 0.05) is 18.1 Å². The maximum absolute atomic E-state index is 12.1. The maximum atomic E-state index is 12.1. The minimum Gasteiger partial charge on any atom is -0.482 e. The fourth-order valence-electron chi connectivity index (χ4n) is 2.75. The second-order valence-corrected chi connectivity index (χ2v) is 6.67. The molecule has 0 N–H and O–H groups in total. The van der Waals surface area contributed by atoms with Gasteiger partial charge in [0.15, 0.2) is 13.2 Å². The third-order valence-electron chi connectivity index (χ3n) is 4.31. The summed E-state index contributed by atoms with van der Waals surface area (Å²) in [6, 6.07) is 5.05. The van der Waals surface area contributed by atoms with E-state index in [1.54, 1.807) is 30.0 Å². The van der Waals surface area contributed by atoms with Crippen molar-refractivity contribution in [1.82, 2.24) is 4.90 Å². The summed E-state index contributed by atoms with van der Waals surface area (Å²) in [6.07, 6.45) is 1.11. The van der Waals surface area contributed by atoms with Crippen LogP contribution in [0.15, 0.2) is 18.2 Å². The number of ether oxygens (including phenoxy) is 3. The number of hydrogen-bond donors (Lipinski definition) is 0. The summed E-state index contributed by atoms with van der Waals surface area (Å²) in [6.45, 7) is 4.21. The fourth-order valence-corrected chi connectivity index (χ4v) is 2.87. The molecule has 1 aliphatic rings. The lowest BCUT2D eigenvalue weighted by molar-refractivity contribution is -0.155. The monoisotopic (exact) mass is 397 g/mol. The Bertz CT molecular complexity index is 685. The van der Waals surface area contributed by atoms with Gasteiger partial charge in [0.2, 0.25) is 0 Å². The molecule has 8 heteroatoms. The minimum atomic E-state index is -0.627. The number of piperidine rings is 1. The van der Waals surface area contributed by atoms with Crippen LogP contribution in [0, 0.1) is 12.8 Å². The zero-order chi connectivity index (χ0) is 19.8. The number of benzene rings is 1. The van der Waals surface area contributed by atoms with Crippen molar-refractivity contribution in [3.05, 3.63) is 28.8 Å². The lowest BCUT2D eigenvalue weighted by atomic mass is 9.97. The van der Waals surface area contributed by atoms with E-state index in [2.05, 4.69) is 0 Å². The molecule has 0 atom stereocenters. The number of halogens is 1. The van der Waals surface area contributed by atoms with Gasteiger partial charge in [-0.1, -0.05) is 11.6 Å². The van der Waals surface area contributed by atoms with Gasteiger partial charge in [-0.3, -0.25) is 9.59 Å². The molecule has 0 unspecified atom stereocenters. The van der Waals surface area contributed by atoms with Crippen molar-refractivity contribution in [2.45, 2.75) is 26.7 Å². The number of rotatable bonds is 7. The van der Waals surface area contributed by atoms with E-state index in [0.717, 1.165) is 5.56 Å². The fraction of sp³-hybridized carbons (Fsp3) is 0.526. The van der Waals surface area contributed by atoms with Gasteiger partial charge < -0.3 is 19.1 Å². The first-order valence-corrected chi connectivity index (χ1v) is 9.27. The van der Waals surface area contributed by atoms with Crippen molar-refractivity contribution in [1.29, 1.82) is 0 Å². The standard InChI is InChI=1S/C19H24ClNO6/c1-3-25-19(24)14-6-8-21(9-7-14)17(22)11-27-18(23)12-26-15-4-5-16(20)13(2)10-15/h4-5,10,14H,3,6-9,11-12H2,1-2H3. The molecule has 1 fully saturated rings. The van der Waals surface area contributed by atoms with E-state index in [9.17, 15) is 14.4 Å². The van der Waals surface area contributed by atoms with Gasteiger partial charge in [-0.2, -0.15) is 0 Å². The number of aryl methyl sites for hydroxylation is 1. The Morgan fingerprint density at radius 1 is 1.15 bits per heavy atom. The van der Waals surface area contributed by atoms with Crippen LogP contribution in [0.3, 0.4) is 0 Å². The van der Waals surface area contributed by atoms with E-state index in [-0.39, 0.29) is 31.0 Å². The molecule has 1 amide bonds. The second-order valence-electron chi connectivity index (χ2n) is 6.27. The summed E-state index contributed by atoms with van der Waals surface area (Å²) in [5.74, 6) is -0.801. The highest BCUT2D eigenvalue weighted by molar-refractivity contribution is 6.31. The van der Waals surface area contributed by atoms with Crippen molar-refractivity contribution in [3.63, 3.8) is 0 Å². The molecule has 1 saturated heterocycles. The van der Waals surface area contributed by atoms with E-state index in [1.807, 2.05) is 6.92 Å². The van der Waals surface area contributed by atoms with Crippen LogP contribution in [-0.2, 0) is 23.9 Å². The van der Waals surface area contributed by atoms with E-state index < -0.39 is 5.97 Å². The Hall–Kier alpha value is -2.28. The maximum Gasteiger partial charge on any atom is 0.344 e. The van der Waals surface area contributed by atoms with Crippen molar-refractivity contribution >= 4 is 29.4 Å². The molecular weight excluding hydrogens is 374 g/mol. The molecule has 0 aliphatic carbocycles. The molecule has 148 valence electrons. The predicted octanol–water partition coefficient (Wildman–Crippen LogP) is 2.37. The van der Waals surface area contributed by atoms with Crippen LogP contribution in [0.25, 0.3) is 0 Å². The number of carbonyl (C=O) groups excluding carboxylic acids is 3. The van der Waals surface area contributed by atoms with E-state index in [4.69, 9.17) is 25.8 Å². The first-order chi connectivity index (χ1) is 12.9. The molecule has 1 aromatic carbocycles. The zero-order valence-corrected chi connectivity index (χ0v) is 16.3. The van der Waals surface area contributed by atoms with Crippen LogP contribution in [0.4, 0.5) is 0 Å². The number of likely N-dealkylation sites (tertiary alicyclic amines) is 1. The molecule has 0 aromatic heterocycles. The third kappa shape index (κ3) is 6.43. The topological polar surface area (TPSA) is 82.1 Å². The highest BCUT2D eigenvalue weighted by atomic mass is 35.5. The first-order valence-electron chi connectivity index (χ1n) is 8.89. The van der Waals surface area contributed by atoms with Crippen LogP contribution in [0.5, 0.6) is 5.75 Å². The van der Waals surface area contributed by atoms with Gasteiger partial charge in [0.1, 0.15) is 5.75 Å². The summed E-state index contributed by atoms with van der Waals surface area (Å²) >= 11 is 5.93. The molecule has 0 bridgehead atoms. The smallest absolute Gasteiger partial charge is 0.344 e. The SMILES string of the molecule is CCOC(=O)C1CCN(C(=O)COC(=O)COc2ccc(Cl)c(C)c2)CC1. The van der Waals surface area contributed by atoms with Gasteiger partial charge >= 0.3 is 11.9 Å². The average Bonchev–Trinajstić information content (AvgIpc) is 2.67. The van der Waals surface area contributed by atoms with Crippen LogP contribution in [0.2, 0.25) is 5.02 Å². The Balaban J connectivity index is 1.68. The molecule has 1 heterocycles. The largest absolute Gasteiger partial charge is 0.482 e. The molecule has 1 aliphatic heterocycles. The van der Waals surface area contributed by atoms with Crippen molar-refractivity contribution in [3.8, 4) is 5.75 Å². The summed E-state index contributed by atoms with van der Waals surface area (Å²) in [4.78, 5) is 37.2. The second kappa shape index (κ2) is 10.2. The van der Waals surface area contributed by atoms with Gasteiger partial charge in [-0.25, -0.2) is 4.79 Å². The highest BCUT2D eigenvalue weighted by Crippen LogP contribution is 2.21. The molecule has 1 aromatic rings. The third-order valence-corrected chi connectivity index (χ3v) is 4.73. The van der Waals surface area contributed by atoms with Crippen LogP contribution >= 0.6 is 11.6 Å². The summed E-state index contributed by atoms with van der Waals surface area (Å²) in [5.41, 5.74) is 0.837. The Morgan fingerprint density at radius 2 is 1.85 bits per heavy atom. The molecule has 0 radical (unpaired) electrons. The summed E-state index contributed by atoms with van der Waals surface area (Å²) in [7, 11) is 0. The van der Waals surface area contributed by atoms with Gasteiger partial charge in [0.25, 0.3) is 5.91 Å². The minimum absolute atomic E-state index is 0.173. The molecule has 27 heavy (non-hydrogen) atoms. The normalized spacial score (nSPS) is 14.6. The van der Waals surface area contributed by atoms with Crippen LogP contribution in [-0.4, -0.2) is 55.7 Å². The summed E-state index contributed by atoms with van der Waals surface area (Å²) in [5, 5.41) is 0.613. The Kier molecular flexibility index (Phi) is 7.91. The van der Waals surface area contributed by atoms with E-state index in [0.29, 0.717) is 43.3 Å². The first kappa shape index (κ1) is 21.0. The lowest BCUT2D eigenvalue weighted by Gasteiger charge is -2.30. The Labute approximate surface area is 163 Å². The molecule has 0 saturated carbocycles. The van der Waals surface area contributed by atoms with Gasteiger partial charge in [0.05, 0.1) is 12.5 Å². The van der Waals surface area contributed by atoms with Crippen LogP contribution in [0.1, 0.15) is 25.3 Å². The number of hydrogen-bond acceptors (Lipinski definition) is 6. The zero-order valence-electron chi connectivity index (χ0n) is 15.5. The van der Waals surface area contributed by atoms with Gasteiger partial charge in [-0.05, 0) is 50.5 Å². The molecule has 7 nitrogen and oxygen atoms in total. The number of nitrogens with zero attached hydrogens (tertiary/aromatic N) is 1. The quantitative estimate of drug-likeness (QED) is 0.657.